The number of benzene rings is 1. The largest absolute Gasteiger partial charge is 0.462 e. The zero-order valence-corrected chi connectivity index (χ0v) is 14.4. The first-order valence-electron chi connectivity index (χ1n) is 7.51. The van der Waals surface area contributed by atoms with Crippen LogP contribution in [-0.4, -0.2) is 18.3 Å². The van der Waals surface area contributed by atoms with E-state index >= 15 is 0 Å². The van der Waals surface area contributed by atoms with Gasteiger partial charge in [-0.1, -0.05) is 43.4 Å². The van der Waals surface area contributed by atoms with Gasteiger partial charge >= 0.3 is 5.97 Å². The van der Waals surface area contributed by atoms with Crippen molar-refractivity contribution in [3.8, 4) is 0 Å². The highest BCUT2D eigenvalue weighted by atomic mass is 32.2. The molecule has 22 heavy (non-hydrogen) atoms. The Morgan fingerprint density at radius 1 is 1.32 bits per heavy atom. The molecule has 0 heterocycles. The average molecular weight is 316 g/mol. The predicted molar refractivity (Wildman–Crippen MR) is 95.5 cm³/mol. The molecule has 0 fully saturated rings. The van der Waals surface area contributed by atoms with E-state index in [2.05, 4.69) is 31.7 Å². The highest BCUT2D eigenvalue weighted by molar-refractivity contribution is 7.99. The first-order chi connectivity index (χ1) is 10.6. The molecule has 0 aliphatic carbocycles. The van der Waals surface area contributed by atoms with Crippen molar-refractivity contribution in [1.29, 1.82) is 0 Å². The van der Waals surface area contributed by atoms with Gasteiger partial charge in [-0.15, -0.1) is 11.8 Å². The summed E-state index contributed by atoms with van der Waals surface area (Å²) in [5, 5.41) is 0. The molecule has 0 bridgehead atoms. The van der Waals surface area contributed by atoms with Gasteiger partial charge in [0.2, 0.25) is 0 Å². The van der Waals surface area contributed by atoms with Crippen LogP contribution in [0.4, 0.5) is 0 Å². The molecule has 0 saturated heterocycles. The summed E-state index contributed by atoms with van der Waals surface area (Å²) >= 11 is 1.71. The fourth-order valence-electron chi connectivity index (χ4n) is 1.66. The van der Waals surface area contributed by atoms with Crippen molar-refractivity contribution in [3.63, 3.8) is 0 Å². The third-order valence-electron chi connectivity index (χ3n) is 3.11. The van der Waals surface area contributed by atoms with Crippen LogP contribution in [0.2, 0.25) is 0 Å². The Labute approximate surface area is 138 Å². The third kappa shape index (κ3) is 6.35. The van der Waals surface area contributed by atoms with Gasteiger partial charge in [0.1, 0.15) is 0 Å². The van der Waals surface area contributed by atoms with E-state index in [9.17, 15) is 4.79 Å². The number of allylic oxidation sites excluding steroid dienone is 4. The Morgan fingerprint density at radius 2 is 2.09 bits per heavy atom. The van der Waals surface area contributed by atoms with Crippen LogP contribution in [0.25, 0.3) is 0 Å². The molecule has 0 amide bonds. The highest BCUT2D eigenvalue weighted by Gasteiger charge is 2.07. The second-order valence-electron chi connectivity index (χ2n) is 4.75. The molecule has 0 aliphatic rings. The average Bonchev–Trinajstić information content (AvgIpc) is 2.55. The lowest BCUT2D eigenvalue weighted by Crippen LogP contribution is -2.04. The molecule has 0 N–H and O–H groups in total. The lowest BCUT2D eigenvalue weighted by molar-refractivity contribution is 0.0526. The Balaban J connectivity index is 2.67. The fraction of sp³-hybridized carbons (Fsp3) is 0.316. The SMILES string of the molecule is C=C(/C=C\C(=C/C)CSc1cccc(C(=O)OCC)c1)CC. The van der Waals surface area contributed by atoms with E-state index in [1.54, 1.807) is 17.8 Å². The van der Waals surface area contributed by atoms with E-state index in [0.717, 1.165) is 22.6 Å². The number of ether oxygens (including phenoxy) is 1. The van der Waals surface area contributed by atoms with Crippen LogP contribution in [0.1, 0.15) is 37.6 Å². The van der Waals surface area contributed by atoms with Crippen LogP contribution in [0.3, 0.4) is 0 Å². The van der Waals surface area contributed by atoms with Crippen LogP contribution in [-0.2, 0) is 4.74 Å². The summed E-state index contributed by atoms with van der Waals surface area (Å²) in [6.07, 6.45) is 7.23. The molecular formula is C19H24O2S. The van der Waals surface area contributed by atoms with E-state index in [4.69, 9.17) is 4.74 Å². The molecule has 0 saturated carbocycles. The highest BCUT2D eigenvalue weighted by Crippen LogP contribution is 2.22. The molecule has 0 aromatic heterocycles. The minimum absolute atomic E-state index is 0.268. The number of rotatable bonds is 8. The molecule has 2 nitrogen and oxygen atoms in total. The van der Waals surface area contributed by atoms with Crippen LogP contribution < -0.4 is 0 Å². The summed E-state index contributed by atoms with van der Waals surface area (Å²) < 4.78 is 5.03. The summed E-state index contributed by atoms with van der Waals surface area (Å²) in [6.45, 7) is 10.3. The van der Waals surface area contributed by atoms with Gasteiger partial charge in [-0.05, 0) is 44.0 Å². The molecule has 0 aliphatic heterocycles. The lowest BCUT2D eigenvalue weighted by Gasteiger charge is -2.06. The van der Waals surface area contributed by atoms with Gasteiger partial charge in [0.05, 0.1) is 12.2 Å². The van der Waals surface area contributed by atoms with E-state index in [0.29, 0.717) is 12.2 Å². The van der Waals surface area contributed by atoms with Crippen molar-refractivity contribution < 1.29 is 9.53 Å². The monoisotopic (exact) mass is 316 g/mol. The summed E-state index contributed by atoms with van der Waals surface area (Å²) in [4.78, 5) is 12.8. The second kappa shape index (κ2) is 10.1. The zero-order valence-electron chi connectivity index (χ0n) is 13.6. The van der Waals surface area contributed by atoms with Gasteiger partial charge < -0.3 is 4.74 Å². The molecule has 1 aromatic rings. The standard InChI is InChI=1S/C19H24O2S/c1-5-15(4)11-12-16(6-2)14-22-18-10-8-9-17(13-18)19(20)21-7-3/h6,8-13H,4-5,7,14H2,1-3H3/b12-11-,16-6+. The first-order valence-corrected chi connectivity index (χ1v) is 8.50. The van der Waals surface area contributed by atoms with Gasteiger partial charge in [-0.25, -0.2) is 4.79 Å². The van der Waals surface area contributed by atoms with Crippen molar-refractivity contribution in [2.75, 3.05) is 12.4 Å². The number of thioether (sulfide) groups is 1. The van der Waals surface area contributed by atoms with Crippen molar-refractivity contribution in [2.45, 2.75) is 32.1 Å². The van der Waals surface area contributed by atoms with E-state index < -0.39 is 0 Å². The van der Waals surface area contributed by atoms with Crippen LogP contribution in [0.15, 0.2) is 65.1 Å². The number of hydrogen-bond acceptors (Lipinski definition) is 3. The summed E-state index contributed by atoms with van der Waals surface area (Å²) in [7, 11) is 0. The Bertz CT molecular complexity index is 571. The molecule has 1 rings (SSSR count). The van der Waals surface area contributed by atoms with Gasteiger partial charge in [0.25, 0.3) is 0 Å². The van der Waals surface area contributed by atoms with Crippen LogP contribution >= 0.6 is 11.8 Å². The maximum atomic E-state index is 11.7. The van der Waals surface area contributed by atoms with Gasteiger partial charge in [0.15, 0.2) is 0 Å². The van der Waals surface area contributed by atoms with Crippen molar-refractivity contribution in [2.24, 2.45) is 0 Å². The summed E-state index contributed by atoms with van der Waals surface area (Å²) in [6, 6.07) is 7.56. The minimum Gasteiger partial charge on any atom is -0.462 e. The fourth-order valence-corrected chi connectivity index (χ4v) is 2.65. The minimum atomic E-state index is -0.268. The zero-order chi connectivity index (χ0) is 16.4. The normalized spacial score (nSPS) is 11.7. The van der Waals surface area contributed by atoms with Gasteiger partial charge in [0, 0.05) is 10.6 Å². The van der Waals surface area contributed by atoms with E-state index in [1.807, 2.05) is 32.0 Å². The molecular weight excluding hydrogens is 292 g/mol. The second-order valence-corrected chi connectivity index (χ2v) is 5.79. The maximum absolute atomic E-state index is 11.7. The van der Waals surface area contributed by atoms with Crippen molar-refractivity contribution >= 4 is 17.7 Å². The Morgan fingerprint density at radius 3 is 2.73 bits per heavy atom. The summed E-state index contributed by atoms with van der Waals surface area (Å²) in [5.41, 5.74) is 2.96. The molecule has 3 heteroatoms. The molecule has 1 aromatic carbocycles. The number of carbonyl (C=O) groups excluding carboxylic acids is 1. The number of hydrogen-bond donors (Lipinski definition) is 0. The quantitative estimate of drug-likeness (QED) is 0.364. The molecule has 0 radical (unpaired) electrons. The molecule has 0 atom stereocenters. The van der Waals surface area contributed by atoms with Crippen molar-refractivity contribution in [1.82, 2.24) is 0 Å². The Kier molecular flexibility index (Phi) is 8.38. The predicted octanol–water partition coefficient (Wildman–Crippen LogP) is 5.42. The van der Waals surface area contributed by atoms with Gasteiger partial charge in [-0.2, -0.15) is 0 Å². The summed E-state index contributed by atoms with van der Waals surface area (Å²) in [5.74, 6) is 0.589. The van der Waals surface area contributed by atoms with E-state index in [-0.39, 0.29) is 5.97 Å². The van der Waals surface area contributed by atoms with Crippen molar-refractivity contribution in [3.05, 3.63) is 65.8 Å². The van der Waals surface area contributed by atoms with Crippen LogP contribution in [0, 0.1) is 0 Å². The number of carbonyl (C=O) groups is 1. The topological polar surface area (TPSA) is 26.3 Å². The third-order valence-corrected chi connectivity index (χ3v) is 4.17. The molecule has 0 spiro atoms. The smallest absolute Gasteiger partial charge is 0.338 e. The van der Waals surface area contributed by atoms with Gasteiger partial charge in [-0.3, -0.25) is 0 Å². The maximum Gasteiger partial charge on any atom is 0.338 e. The molecule has 0 unspecified atom stereocenters. The number of esters is 1. The first kappa shape index (κ1) is 18.3. The lowest BCUT2D eigenvalue weighted by atomic mass is 10.2. The van der Waals surface area contributed by atoms with E-state index in [1.165, 1.54) is 5.57 Å². The molecule has 118 valence electrons. The Hall–Kier alpha value is -1.74. The van der Waals surface area contributed by atoms with Crippen LogP contribution in [0.5, 0.6) is 0 Å².